The average Bonchev–Trinajstić information content (AvgIpc) is 2.96. The topological polar surface area (TPSA) is 106 Å². The summed E-state index contributed by atoms with van der Waals surface area (Å²) in [5, 5.41) is 5.05. The number of sulfonamides is 1. The maximum atomic E-state index is 14.1. The van der Waals surface area contributed by atoms with Gasteiger partial charge in [-0.25, -0.2) is 17.9 Å². The first-order valence-electron chi connectivity index (χ1n) is 7.69. The standard InChI is InChI=1S/C17H18FN3O3S/c18-15-7-6-12(25(20,23)24)8-13(15)17(22)21-9-14(16(19)10-21)11-4-2-1-3-5-11/h1-8,14,16H,9-10,19H2,(H2,20,23,24)/t14-,16+/m1/s1. The van der Waals surface area contributed by atoms with Gasteiger partial charge in [-0.15, -0.1) is 0 Å². The third-order valence-electron chi connectivity index (χ3n) is 4.38. The van der Waals surface area contributed by atoms with Crippen molar-refractivity contribution in [2.75, 3.05) is 13.1 Å². The molecule has 1 fully saturated rings. The number of carbonyl (C=O) groups is 1. The number of amides is 1. The SMILES string of the molecule is N[C@H]1CN(C(=O)c2cc(S(N)(=O)=O)ccc2F)C[C@@H]1c1ccccc1. The number of carbonyl (C=O) groups excluding carboxylic acids is 1. The summed E-state index contributed by atoms with van der Waals surface area (Å²) in [5.41, 5.74) is 6.83. The Morgan fingerprint density at radius 1 is 1.12 bits per heavy atom. The van der Waals surface area contributed by atoms with Crippen molar-refractivity contribution >= 4 is 15.9 Å². The fourth-order valence-corrected chi connectivity index (χ4v) is 3.60. The molecule has 0 unspecified atom stereocenters. The van der Waals surface area contributed by atoms with E-state index in [4.69, 9.17) is 10.9 Å². The number of rotatable bonds is 3. The van der Waals surface area contributed by atoms with Crippen LogP contribution in [0.15, 0.2) is 53.4 Å². The van der Waals surface area contributed by atoms with E-state index < -0.39 is 21.7 Å². The molecule has 2 atom stereocenters. The number of primary sulfonamides is 1. The molecule has 1 heterocycles. The minimum Gasteiger partial charge on any atom is -0.336 e. The van der Waals surface area contributed by atoms with Crippen LogP contribution < -0.4 is 10.9 Å². The highest BCUT2D eigenvalue weighted by molar-refractivity contribution is 7.89. The van der Waals surface area contributed by atoms with Crippen LogP contribution in [-0.2, 0) is 10.0 Å². The van der Waals surface area contributed by atoms with Gasteiger partial charge >= 0.3 is 0 Å². The third kappa shape index (κ3) is 3.55. The molecule has 2 aromatic carbocycles. The largest absolute Gasteiger partial charge is 0.336 e. The van der Waals surface area contributed by atoms with Gasteiger partial charge in [0.05, 0.1) is 10.5 Å². The predicted molar refractivity (Wildman–Crippen MR) is 90.8 cm³/mol. The van der Waals surface area contributed by atoms with Gasteiger partial charge in [-0.2, -0.15) is 0 Å². The van der Waals surface area contributed by atoms with E-state index in [0.717, 1.165) is 23.8 Å². The van der Waals surface area contributed by atoms with Crippen molar-refractivity contribution in [3.63, 3.8) is 0 Å². The number of hydrogen-bond acceptors (Lipinski definition) is 4. The highest BCUT2D eigenvalue weighted by Gasteiger charge is 2.35. The van der Waals surface area contributed by atoms with Crippen molar-refractivity contribution in [2.24, 2.45) is 10.9 Å². The average molecular weight is 363 g/mol. The Bertz CT molecular complexity index is 903. The number of halogens is 1. The van der Waals surface area contributed by atoms with Crippen molar-refractivity contribution in [3.05, 3.63) is 65.5 Å². The second-order valence-corrected chi connectivity index (χ2v) is 7.64. The molecule has 132 valence electrons. The number of benzene rings is 2. The molecule has 3 rings (SSSR count). The lowest BCUT2D eigenvalue weighted by Gasteiger charge is -2.17. The fourth-order valence-electron chi connectivity index (χ4n) is 3.06. The molecule has 0 aromatic heterocycles. The molecule has 0 radical (unpaired) electrons. The Balaban J connectivity index is 1.87. The van der Waals surface area contributed by atoms with E-state index in [2.05, 4.69) is 0 Å². The quantitative estimate of drug-likeness (QED) is 0.850. The summed E-state index contributed by atoms with van der Waals surface area (Å²) >= 11 is 0. The molecule has 0 spiro atoms. The zero-order chi connectivity index (χ0) is 18.2. The molecule has 25 heavy (non-hydrogen) atoms. The van der Waals surface area contributed by atoms with E-state index in [-0.39, 0.29) is 29.0 Å². The Morgan fingerprint density at radius 2 is 1.80 bits per heavy atom. The van der Waals surface area contributed by atoms with Gasteiger partial charge in [0.15, 0.2) is 0 Å². The maximum absolute atomic E-state index is 14.1. The molecule has 1 saturated heterocycles. The molecule has 4 N–H and O–H groups in total. The monoisotopic (exact) mass is 363 g/mol. The number of nitrogens with two attached hydrogens (primary N) is 2. The van der Waals surface area contributed by atoms with Gasteiger partial charge in [0.2, 0.25) is 10.0 Å². The first-order chi connectivity index (χ1) is 11.8. The van der Waals surface area contributed by atoms with Gasteiger partial charge in [0, 0.05) is 25.0 Å². The Morgan fingerprint density at radius 3 is 2.44 bits per heavy atom. The van der Waals surface area contributed by atoms with Gasteiger partial charge in [-0.05, 0) is 23.8 Å². The summed E-state index contributed by atoms with van der Waals surface area (Å²) in [4.78, 5) is 13.8. The lowest BCUT2D eigenvalue weighted by molar-refractivity contribution is 0.0784. The summed E-state index contributed by atoms with van der Waals surface area (Å²) < 4.78 is 36.9. The minimum atomic E-state index is -4.03. The summed E-state index contributed by atoms with van der Waals surface area (Å²) in [6, 6.07) is 12.2. The van der Waals surface area contributed by atoms with E-state index in [0.29, 0.717) is 6.54 Å². The smallest absolute Gasteiger partial charge is 0.256 e. The van der Waals surface area contributed by atoms with Crippen LogP contribution in [-0.4, -0.2) is 38.4 Å². The molecule has 0 saturated carbocycles. The van der Waals surface area contributed by atoms with Crippen LogP contribution in [0.25, 0.3) is 0 Å². The van der Waals surface area contributed by atoms with Gasteiger partial charge < -0.3 is 10.6 Å². The predicted octanol–water partition coefficient (Wildman–Crippen LogP) is 1.04. The summed E-state index contributed by atoms with van der Waals surface area (Å²) in [7, 11) is -4.03. The van der Waals surface area contributed by atoms with E-state index >= 15 is 0 Å². The maximum Gasteiger partial charge on any atom is 0.256 e. The summed E-state index contributed by atoms with van der Waals surface area (Å²) in [6.45, 7) is 0.598. The lowest BCUT2D eigenvalue weighted by Crippen LogP contribution is -2.32. The van der Waals surface area contributed by atoms with E-state index in [9.17, 15) is 17.6 Å². The second-order valence-electron chi connectivity index (χ2n) is 6.08. The van der Waals surface area contributed by atoms with Gasteiger partial charge in [0.1, 0.15) is 5.82 Å². The highest BCUT2D eigenvalue weighted by Crippen LogP contribution is 2.28. The molecular formula is C17H18FN3O3S. The van der Waals surface area contributed by atoms with Crippen molar-refractivity contribution in [2.45, 2.75) is 16.9 Å². The zero-order valence-corrected chi connectivity index (χ0v) is 14.1. The summed E-state index contributed by atoms with van der Waals surface area (Å²) in [6.07, 6.45) is 0. The second kappa shape index (κ2) is 6.55. The van der Waals surface area contributed by atoms with Crippen LogP contribution in [0.5, 0.6) is 0 Å². The van der Waals surface area contributed by atoms with Crippen molar-refractivity contribution < 1.29 is 17.6 Å². The van der Waals surface area contributed by atoms with Crippen LogP contribution in [0.1, 0.15) is 21.8 Å². The minimum absolute atomic E-state index is 0.0605. The molecule has 1 amide bonds. The van der Waals surface area contributed by atoms with Crippen molar-refractivity contribution in [1.29, 1.82) is 0 Å². The third-order valence-corrected chi connectivity index (χ3v) is 5.29. The van der Waals surface area contributed by atoms with Gasteiger partial charge in [0.25, 0.3) is 5.91 Å². The molecule has 1 aliphatic rings. The zero-order valence-electron chi connectivity index (χ0n) is 13.3. The van der Waals surface area contributed by atoms with Gasteiger partial charge in [-0.1, -0.05) is 30.3 Å². The summed E-state index contributed by atoms with van der Waals surface area (Å²) in [5.74, 6) is -1.46. The first kappa shape index (κ1) is 17.5. The molecule has 1 aliphatic heterocycles. The van der Waals surface area contributed by atoms with Crippen LogP contribution in [0.4, 0.5) is 4.39 Å². The van der Waals surface area contributed by atoms with Crippen LogP contribution in [0.3, 0.4) is 0 Å². The Labute approximate surface area is 145 Å². The Hall–Kier alpha value is -2.29. The van der Waals surface area contributed by atoms with Crippen LogP contribution in [0, 0.1) is 5.82 Å². The van der Waals surface area contributed by atoms with Gasteiger partial charge in [-0.3, -0.25) is 4.79 Å². The molecule has 0 bridgehead atoms. The lowest BCUT2D eigenvalue weighted by atomic mass is 9.95. The molecular weight excluding hydrogens is 345 g/mol. The number of hydrogen-bond donors (Lipinski definition) is 2. The first-order valence-corrected chi connectivity index (χ1v) is 9.24. The Kier molecular flexibility index (Phi) is 4.59. The number of nitrogens with zero attached hydrogens (tertiary/aromatic N) is 1. The van der Waals surface area contributed by atoms with Crippen LogP contribution in [0.2, 0.25) is 0 Å². The number of likely N-dealkylation sites (tertiary alicyclic amines) is 1. The molecule has 0 aliphatic carbocycles. The normalized spacial score (nSPS) is 20.7. The molecule has 8 heteroatoms. The van der Waals surface area contributed by atoms with Crippen molar-refractivity contribution in [3.8, 4) is 0 Å². The van der Waals surface area contributed by atoms with E-state index in [1.165, 1.54) is 4.90 Å². The molecule has 2 aromatic rings. The fraction of sp³-hybridized carbons (Fsp3) is 0.235. The van der Waals surface area contributed by atoms with E-state index in [1.54, 1.807) is 0 Å². The highest BCUT2D eigenvalue weighted by atomic mass is 32.2. The van der Waals surface area contributed by atoms with E-state index in [1.807, 2.05) is 30.3 Å². The molecule has 6 nitrogen and oxygen atoms in total. The van der Waals surface area contributed by atoms with Crippen molar-refractivity contribution in [1.82, 2.24) is 4.90 Å². The van der Waals surface area contributed by atoms with Crippen LogP contribution >= 0.6 is 0 Å².